The van der Waals surface area contributed by atoms with Crippen molar-refractivity contribution < 1.29 is 8.42 Å². The average Bonchev–Trinajstić information content (AvgIpc) is 2.39. The topological polar surface area (TPSA) is 58.2 Å². The van der Waals surface area contributed by atoms with E-state index in [-0.39, 0.29) is 0 Å². The van der Waals surface area contributed by atoms with Gasteiger partial charge < -0.3 is 5.32 Å². The molecule has 2 N–H and O–H groups in total. The molecule has 1 aromatic carbocycles. The van der Waals surface area contributed by atoms with Gasteiger partial charge in [0.15, 0.2) is 0 Å². The molecule has 4 nitrogen and oxygen atoms in total. The molecule has 5 heteroatoms. The molecule has 114 valence electrons. The van der Waals surface area contributed by atoms with Gasteiger partial charge in [0.25, 0.3) is 0 Å². The first kappa shape index (κ1) is 17.1. The fourth-order valence-electron chi connectivity index (χ4n) is 1.96. The Morgan fingerprint density at radius 2 is 1.75 bits per heavy atom. The van der Waals surface area contributed by atoms with Crippen molar-refractivity contribution in [2.75, 3.05) is 13.6 Å². The molecule has 0 aliphatic rings. The molecule has 0 unspecified atom stereocenters. The van der Waals surface area contributed by atoms with E-state index in [1.165, 1.54) is 0 Å². The Morgan fingerprint density at radius 3 is 2.30 bits per heavy atom. The Balaban J connectivity index is 2.47. The lowest BCUT2D eigenvalue weighted by atomic mass is 10.1. The lowest BCUT2D eigenvalue weighted by molar-refractivity contribution is 0.530. The molecule has 0 amide bonds. The largest absolute Gasteiger partial charge is 0.316 e. The van der Waals surface area contributed by atoms with Gasteiger partial charge in [-0.3, -0.25) is 0 Å². The highest BCUT2D eigenvalue weighted by Gasteiger charge is 2.12. The minimum atomic E-state index is -3.36. The van der Waals surface area contributed by atoms with Gasteiger partial charge in [-0.25, -0.2) is 13.1 Å². The minimum Gasteiger partial charge on any atom is -0.316 e. The number of hydrogen-bond acceptors (Lipinski definition) is 3. The van der Waals surface area contributed by atoms with Crippen LogP contribution in [0.15, 0.2) is 29.2 Å². The van der Waals surface area contributed by atoms with Crippen LogP contribution in [0.25, 0.3) is 0 Å². The van der Waals surface area contributed by atoms with E-state index in [2.05, 4.69) is 23.9 Å². The van der Waals surface area contributed by atoms with E-state index >= 15 is 0 Å². The summed E-state index contributed by atoms with van der Waals surface area (Å²) < 4.78 is 26.8. The number of sulfonamides is 1. The van der Waals surface area contributed by atoms with Crippen molar-refractivity contribution in [3.63, 3.8) is 0 Å². The molecule has 0 spiro atoms. The third kappa shape index (κ3) is 6.03. The predicted molar refractivity (Wildman–Crippen MR) is 83.1 cm³/mol. The van der Waals surface area contributed by atoms with Crippen molar-refractivity contribution in [1.82, 2.24) is 10.0 Å². The second-order valence-electron chi connectivity index (χ2n) is 5.46. The number of unbranched alkanes of at least 4 members (excludes halogenated alkanes) is 1. The molecular weight excluding hydrogens is 272 g/mol. The monoisotopic (exact) mass is 298 g/mol. The van der Waals surface area contributed by atoms with Crippen LogP contribution in [-0.2, 0) is 16.6 Å². The van der Waals surface area contributed by atoms with E-state index in [9.17, 15) is 8.42 Å². The van der Waals surface area contributed by atoms with Crippen LogP contribution in [0, 0.1) is 5.92 Å². The maximum Gasteiger partial charge on any atom is 0.240 e. The highest BCUT2D eigenvalue weighted by atomic mass is 32.2. The van der Waals surface area contributed by atoms with Crippen LogP contribution in [0.3, 0.4) is 0 Å². The molecule has 0 radical (unpaired) electrons. The second kappa shape index (κ2) is 8.39. The number of hydrogen-bond donors (Lipinski definition) is 2. The van der Waals surface area contributed by atoms with E-state index in [4.69, 9.17) is 0 Å². The molecule has 0 aromatic heterocycles. The van der Waals surface area contributed by atoms with Crippen molar-refractivity contribution in [2.45, 2.75) is 44.6 Å². The van der Waals surface area contributed by atoms with E-state index in [0.29, 0.717) is 17.4 Å². The van der Waals surface area contributed by atoms with Gasteiger partial charge >= 0.3 is 0 Å². The van der Waals surface area contributed by atoms with E-state index in [1.807, 2.05) is 19.2 Å². The first-order chi connectivity index (χ1) is 9.45. The van der Waals surface area contributed by atoms with Gasteiger partial charge in [0.05, 0.1) is 4.90 Å². The summed E-state index contributed by atoms with van der Waals surface area (Å²) in [6.07, 6.45) is 3.08. The summed E-state index contributed by atoms with van der Waals surface area (Å²) in [5.41, 5.74) is 1.07. The van der Waals surface area contributed by atoms with Gasteiger partial charge in [0.2, 0.25) is 10.0 Å². The molecule has 0 aliphatic heterocycles. The van der Waals surface area contributed by atoms with Crippen molar-refractivity contribution in [2.24, 2.45) is 5.92 Å². The smallest absolute Gasteiger partial charge is 0.240 e. The molecule has 0 aliphatic carbocycles. The lowest BCUT2D eigenvalue weighted by Crippen LogP contribution is -2.24. The zero-order chi connectivity index (χ0) is 15.0. The summed E-state index contributed by atoms with van der Waals surface area (Å²) in [5, 5.41) is 3.03. The van der Waals surface area contributed by atoms with Gasteiger partial charge in [-0.15, -0.1) is 0 Å². The molecule has 0 heterocycles. The Labute approximate surface area is 123 Å². The molecule has 0 atom stereocenters. The van der Waals surface area contributed by atoms with Crippen LogP contribution >= 0.6 is 0 Å². The minimum absolute atomic E-state index is 0.334. The number of nitrogens with one attached hydrogen (secondary N) is 2. The molecular formula is C15H26N2O2S. The van der Waals surface area contributed by atoms with Gasteiger partial charge in [0.1, 0.15) is 0 Å². The fourth-order valence-corrected chi connectivity index (χ4v) is 3.03. The van der Waals surface area contributed by atoms with Gasteiger partial charge in [-0.05, 0) is 37.1 Å². The van der Waals surface area contributed by atoms with Crippen molar-refractivity contribution in [1.29, 1.82) is 0 Å². The first-order valence-corrected chi connectivity index (χ1v) is 8.67. The van der Waals surface area contributed by atoms with Gasteiger partial charge in [-0.1, -0.05) is 38.8 Å². The molecule has 0 saturated carbocycles. The summed E-state index contributed by atoms with van der Waals surface area (Å²) in [4.78, 5) is 0.334. The Bertz CT molecular complexity index is 481. The highest BCUT2D eigenvalue weighted by molar-refractivity contribution is 7.89. The molecule has 1 rings (SSSR count). The maximum atomic E-state index is 12.1. The number of benzene rings is 1. The quantitative estimate of drug-likeness (QED) is 0.689. The molecule has 20 heavy (non-hydrogen) atoms. The second-order valence-corrected chi connectivity index (χ2v) is 7.23. The summed E-state index contributed by atoms with van der Waals surface area (Å²) in [6, 6.07) is 6.99. The lowest BCUT2D eigenvalue weighted by Gasteiger charge is -2.08. The van der Waals surface area contributed by atoms with Crippen molar-refractivity contribution in [3.8, 4) is 0 Å². The summed E-state index contributed by atoms with van der Waals surface area (Å²) in [6.45, 7) is 5.60. The number of rotatable bonds is 9. The normalized spacial score (nSPS) is 12.0. The highest BCUT2D eigenvalue weighted by Crippen LogP contribution is 2.11. The molecule has 0 fully saturated rings. The van der Waals surface area contributed by atoms with Crippen LogP contribution in [0.1, 0.15) is 38.7 Å². The van der Waals surface area contributed by atoms with Crippen LogP contribution in [0.4, 0.5) is 0 Å². The summed E-state index contributed by atoms with van der Waals surface area (Å²) in [7, 11) is -1.50. The molecule has 0 saturated heterocycles. The standard InChI is InChI=1S/C15H26N2O2S/c1-13(2)6-4-5-11-17-20(18,19)15-9-7-14(8-10-15)12-16-3/h7-10,13,16-17H,4-6,11-12H2,1-3H3. The predicted octanol–water partition coefficient (Wildman–Crippen LogP) is 2.51. The fraction of sp³-hybridized carbons (Fsp3) is 0.600. The Kier molecular flexibility index (Phi) is 7.19. The third-order valence-electron chi connectivity index (χ3n) is 3.11. The van der Waals surface area contributed by atoms with Crippen LogP contribution in [0.5, 0.6) is 0 Å². The van der Waals surface area contributed by atoms with E-state index in [0.717, 1.165) is 31.4 Å². The van der Waals surface area contributed by atoms with Gasteiger partial charge in [0, 0.05) is 13.1 Å². The van der Waals surface area contributed by atoms with Gasteiger partial charge in [-0.2, -0.15) is 0 Å². The van der Waals surface area contributed by atoms with E-state index in [1.54, 1.807) is 12.1 Å². The van der Waals surface area contributed by atoms with Crippen LogP contribution in [0.2, 0.25) is 0 Å². The van der Waals surface area contributed by atoms with Crippen molar-refractivity contribution >= 4 is 10.0 Å². The zero-order valence-corrected chi connectivity index (χ0v) is 13.5. The van der Waals surface area contributed by atoms with Crippen LogP contribution < -0.4 is 10.0 Å². The van der Waals surface area contributed by atoms with Crippen molar-refractivity contribution in [3.05, 3.63) is 29.8 Å². The van der Waals surface area contributed by atoms with E-state index < -0.39 is 10.0 Å². The third-order valence-corrected chi connectivity index (χ3v) is 4.59. The van der Waals surface area contributed by atoms with Crippen LogP contribution in [-0.4, -0.2) is 22.0 Å². The summed E-state index contributed by atoms with van der Waals surface area (Å²) >= 11 is 0. The zero-order valence-electron chi connectivity index (χ0n) is 12.6. The Hall–Kier alpha value is -0.910. The molecule has 1 aromatic rings. The average molecular weight is 298 g/mol. The summed E-state index contributed by atoms with van der Waals surface area (Å²) in [5.74, 6) is 0.673. The maximum absolute atomic E-state index is 12.1. The Morgan fingerprint density at radius 1 is 1.10 bits per heavy atom. The molecule has 0 bridgehead atoms. The SMILES string of the molecule is CNCc1ccc(S(=O)(=O)NCCCCC(C)C)cc1. The first-order valence-electron chi connectivity index (χ1n) is 7.19.